The average Bonchev–Trinajstić information content (AvgIpc) is 3.13. The van der Waals surface area contributed by atoms with Crippen LogP contribution in [0.1, 0.15) is 44.9 Å². The smallest absolute Gasteiger partial charge is 0.295 e. The zero-order chi connectivity index (χ0) is 26.4. The molecule has 1 unspecified atom stereocenters. The highest BCUT2D eigenvalue weighted by Crippen LogP contribution is 2.39. The van der Waals surface area contributed by atoms with Crippen LogP contribution in [0.25, 0.3) is 5.76 Å². The Morgan fingerprint density at radius 1 is 1.08 bits per heavy atom. The number of nitro benzene ring substituents is 1. The van der Waals surface area contributed by atoms with Gasteiger partial charge in [-0.15, -0.1) is 0 Å². The van der Waals surface area contributed by atoms with Crippen LogP contribution in [-0.4, -0.2) is 64.3 Å². The van der Waals surface area contributed by atoms with E-state index in [-0.39, 0.29) is 23.6 Å². The number of hydrogen-bond acceptors (Lipinski definition) is 7. The van der Waals surface area contributed by atoms with E-state index in [0.717, 1.165) is 13.1 Å². The zero-order valence-electron chi connectivity index (χ0n) is 21.1. The fraction of sp³-hybridized carbons (Fsp3) is 0.407. The van der Waals surface area contributed by atoms with Crippen molar-refractivity contribution in [3.63, 3.8) is 0 Å². The number of ketones is 1. The molecule has 0 aliphatic carbocycles. The molecule has 2 aromatic carbocycles. The van der Waals surface area contributed by atoms with Gasteiger partial charge in [-0.2, -0.15) is 0 Å². The molecule has 1 atom stereocenters. The van der Waals surface area contributed by atoms with Gasteiger partial charge in [0.05, 0.1) is 23.1 Å². The molecule has 0 aromatic heterocycles. The van der Waals surface area contributed by atoms with E-state index < -0.39 is 22.7 Å². The number of ether oxygens (including phenoxy) is 1. The molecule has 1 heterocycles. The molecule has 0 bridgehead atoms. The Balaban J connectivity index is 2.03. The molecule has 2 aromatic rings. The fourth-order valence-corrected chi connectivity index (χ4v) is 4.15. The van der Waals surface area contributed by atoms with Crippen molar-refractivity contribution in [3.8, 4) is 5.75 Å². The number of likely N-dealkylation sites (N-methyl/N-ethyl adjacent to an activating group) is 1. The summed E-state index contributed by atoms with van der Waals surface area (Å²) in [7, 11) is 0. The maximum absolute atomic E-state index is 13.2. The Hall–Kier alpha value is -3.72. The summed E-state index contributed by atoms with van der Waals surface area (Å²) in [6.07, 6.45) is 0. The van der Waals surface area contributed by atoms with Crippen molar-refractivity contribution in [2.75, 3.05) is 32.8 Å². The number of hydrogen-bond donors (Lipinski definition) is 1. The van der Waals surface area contributed by atoms with Crippen molar-refractivity contribution in [2.45, 2.75) is 33.7 Å². The van der Waals surface area contributed by atoms with Crippen LogP contribution in [-0.2, 0) is 9.59 Å². The lowest BCUT2D eigenvalue weighted by atomic mass is 9.95. The number of nitrogens with zero attached hydrogens (tertiary/aromatic N) is 3. The molecule has 192 valence electrons. The number of aliphatic hydroxyl groups excluding tert-OH is 1. The largest absolute Gasteiger partial charge is 0.507 e. The highest BCUT2D eigenvalue weighted by Gasteiger charge is 2.46. The lowest BCUT2D eigenvalue weighted by molar-refractivity contribution is -0.384. The van der Waals surface area contributed by atoms with Crippen LogP contribution in [0.3, 0.4) is 0 Å². The van der Waals surface area contributed by atoms with Crippen molar-refractivity contribution in [1.82, 2.24) is 9.80 Å². The first-order valence-corrected chi connectivity index (χ1v) is 12.2. The first-order valence-electron chi connectivity index (χ1n) is 12.2. The van der Waals surface area contributed by atoms with E-state index in [1.807, 2.05) is 27.7 Å². The summed E-state index contributed by atoms with van der Waals surface area (Å²) in [5.41, 5.74) is 0.749. The van der Waals surface area contributed by atoms with Gasteiger partial charge in [-0.05, 0) is 61.0 Å². The molecular formula is C27H33N3O6. The van der Waals surface area contributed by atoms with Crippen LogP contribution in [0.15, 0.2) is 54.1 Å². The van der Waals surface area contributed by atoms with E-state index in [4.69, 9.17) is 4.74 Å². The lowest BCUT2D eigenvalue weighted by Crippen LogP contribution is -2.38. The SMILES string of the molecule is CCN(CC)CCN1C(=O)C(=O)/C(=C(/O)c2ccc(OCC(C)C)cc2)C1c1ccc([N+](=O)[O-])cc1. The van der Waals surface area contributed by atoms with Crippen LogP contribution in [0.4, 0.5) is 5.69 Å². The number of Topliss-reactive ketones (excluding diaryl/α,β-unsaturated/α-hetero) is 1. The second-order valence-corrected chi connectivity index (χ2v) is 9.10. The molecule has 1 aliphatic rings. The second-order valence-electron chi connectivity index (χ2n) is 9.10. The lowest BCUT2D eigenvalue weighted by Gasteiger charge is -2.28. The van der Waals surface area contributed by atoms with Crippen molar-refractivity contribution in [3.05, 3.63) is 75.3 Å². The van der Waals surface area contributed by atoms with E-state index in [9.17, 15) is 24.8 Å². The number of carbonyl (C=O) groups excluding carboxylic acids is 2. The topological polar surface area (TPSA) is 113 Å². The number of amides is 1. The Morgan fingerprint density at radius 2 is 1.69 bits per heavy atom. The quantitative estimate of drug-likeness (QED) is 0.162. The van der Waals surface area contributed by atoms with Crippen LogP contribution in [0.5, 0.6) is 5.75 Å². The van der Waals surface area contributed by atoms with Gasteiger partial charge in [0.2, 0.25) is 0 Å². The highest BCUT2D eigenvalue weighted by atomic mass is 16.6. The predicted octanol–water partition coefficient (Wildman–Crippen LogP) is 4.39. The minimum absolute atomic E-state index is 0.0377. The number of non-ortho nitro benzene ring substituents is 1. The van der Waals surface area contributed by atoms with Gasteiger partial charge in [-0.25, -0.2) is 0 Å². The molecule has 0 spiro atoms. The maximum Gasteiger partial charge on any atom is 0.295 e. The van der Waals surface area contributed by atoms with Gasteiger partial charge < -0.3 is 19.6 Å². The molecular weight excluding hydrogens is 462 g/mol. The molecule has 0 radical (unpaired) electrons. The third-order valence-electron chi connectivity index (χ3n) is 6.22. The summed E-state index contributed by atoms with van der Waals surface area (Å²) in [5.74, 6) is -0.795. The van der Waals surface area contributed by atoms with Crippen molar-refractivity contribution < 1.29 is 24.4 Å². The van der Waals surface area contributed by atoms with Gasteiger partial charge in [-0.1, -0.05) is 27.7 Å². The van der Waals surface area contributed by atoms with Gasteiger partial charge in [0.25, 0.3) is 17.4 Å². The first kappa shape index (κ1) is 26.9. The standard InChI is InChI=1S/C27H33N3O6/c1-5-28(6-2)15-16-29-24(19-7-11-21(12-8-19)30(34)35)23(26(32)27(29)33)25(31)20-9-13-22(14-10-20)36-17-18(3)4/h7-14,18,24,31H,5-6,15-17H2,1-4H3/b25-23+. The molecule has 36 heavy (non-hydrogen) atoms. The van der Waals surface area contributed by atoms with Gasteiger partial charge >= 0.3 is 0 Å². The van der Waals surface area contributed by atoms with E-state index >= 15 is 0 Å². The first-order chi connectivity index (χ1) is 17.2. The molecule has 1 fully saturated rings. The van der Waals surface area contributed by atoms with Crippen LogP contribution in [0.2, 0.25) is 0 Å². The second kappa shape index (κ2) is 11.8. The number of likely N-dealkylation sites (tertiary alicyclic amines) is 1. The van der Waals surface area contributed by atoms with Gasteiger partial charge in [0, 0.05) is 30.8 Å². The third-order valence-corrected chi connectivity index (χ3v) is 6.22. The Kier molecular flexibility index (Phi) is 8.82. The molecule has 1 N–H and O–H groups in total. The summed E-state index contributed by atoms with van der Waals surface area (Å²) in [5, 5.41) is 22.3. The zero-order valence-corrected chi connectivity index (χ0v) is 21.1. The maximum atomic E-state index is 13.2. The minimum atomic E-state index is -0.863. The van der Waals surface area contributed by atoms with Crippen molar-refractivity contribution in [2.24, 2.45) is 5.92 Å². The highest BCUT2D eigenvalue weighted by molar-refractivity contribution is 6.46. The normalized spacial score (nSPS) is 17.3. The Bertz CT molecular complexity index is 1120. The minimum Gasteiger partial charge on any atom is -0.507 e. The van der Waals surface area contributed by atoms with Gasteiger partial charge in [-0.3, -0.25) is 19.7 Å². The van der Waals surface area contributed by atoms with Gasteiger partial charge in [0.15, 0.2) is 0 Å². The molecule has 1 amide bonds. The van der Waals surface area contributed by atoms with E-state index in [2.05, 4.69) is 4.90 Å². The summed E-state index contributed by atoms with van der Waals surface area (Å²) in [6, 6.07) is 11.5. The Labute approximate surface area is 211 Å². The predicted molar refractivity (Wildman–Crippen MR) is 137 cm³/mol. The summed E-state index contributed by atoms with van der Waals surface area (Å²) < 4.78 is 5.69. The molecule has 1 aliphatic heterocycles. The molecule has 9 nitrogen and oxygen atoms in total. The number of benzene rings is 2. The monoisotopic (exact) mass is 495 g/mol. The number of rotatable bonds is 11. The van der Waals surface area contributed by atoms with Crippen molar-refractivity contribution in [1.29, 1.82) is 0 Å². The van der Waals surface area contributed by atoms with E-state index in [1.165, 1.54) is 29.2 Å². The molecule has 3 rings (SSSR count). The fourth-order valence-electron chi connectivity index (χ4n) is 4.15. The van der Waals surface area contributed by atoms with E-state index in [1.54, 1.807) is 24.3 Å². The summed E-state index contributed by atoms with van der Waals surface area (Å²) in [6.45, 7) is 11.0. The van der Waals surface area contributed by atoms with Crippen LogP contribution >= 0.6 is 0 Å². The van der Waals surface area contributed by atoms with Gasteiger partial charge in [0.1, 0.15) is 11.5 Å². The number of carbonyl (C=O) groups is 2. The summed E-state index contributed by atoms with van der Waals surface area (Å²) in [4.78, 5) is 40.4. The van der Waals surface area contributed by atoms with E-state index in [0.29, 0.717) is 35.9 Å². The average molecular weight is 496 g/mol. The number of nitro groups is 1. The molecule has 9 heteroatoms. The molecule has 0 saturated carbocycles. The molecule has 1 saturated heterocycles. The van der Waals surface area contributed by atoms with Crippen LogP contribution in [0, 0.1) is 16.0 Å². The van der Waals surface area contributed by atoms with Crippen LogP contribution < -0.4 is 4.74 Å². The number of aliphatic hydroxyl groups is 1. The summed E-state index contributed by atoms with van der Waals surface area (Å²) >= 11 is 0. The Morgan fingerprint density at radius 3 is 2.22 bits per heavy atom. The third kappa shape index (κ3) is 5.91. The van der Waals surface area contributed by atoms with Crippen molar-refractivity contribution >= 4 is 23.1 Å².